The highest BCUT2D eigenvalue weighted by molar-refractivity contribution is 6.06. The van der Waals surface area contributed by atoms with Crippen molar-refractivity contribution in [3.8, 4) is 11.5 Å². The summed E-state index contributed by atoms with van der Waals surface area (Å²) in [5, 5.41) is 8.60. The van der Waals surface area contributed by atoms with Crippen LogP contribution in [0.15, 0.2) is 54.6 Å². The van der Waals surface area contributed by atoms with Gasteiger partial charge in [-0.1, -0.05) is 18.2 Å². The first kappa shape index (κ1) is 17.3. The lowest BCUT2D eigenvalue weighted by molar-refractivity contribution is -0.137. The number of allylic oxidation sites excluding steroid dienone is 1. The lowest BCUT2D eigenvalue weighted by Gasteiger charge is -2.05. The average molecular weight is 326 g/mol. The molecule has 0 bridgehead atoms. The highest BCUT2D eigenvalue weighted by Gasteiger charge is 2.03. The van der Waals surface area contributed by atoms with Crippen LogP contribution in [0.5, 0.6) is 11.5 Å². The van der Waals surface area contributed by atoms with E-state index in [0.29, 0.717) is 17.1 Å². The molecule has 0 heterocycles. The fourth-order valence-corrected chi connectivity index (χ4v) is 1.99. The number of carboxylic acids is 1. The van der Waals surface area contributed by atoms with Gasteiger partial charge in [0, 0.05) is 5.56 Å². The van der Waals surface area contributed by atoms with Crippen LogP contribution in [0.4, 0.5) is 0 Å². The second-order valence-electron chi connectivity index (χ2n) is 4.99. The zero-order valence-electron chi connectivity index (χ0n) is 13.3. The van der Waals surface area contributed by atoms with Crippen LogP contribution in [0.3, 0.4) is 0 Å². The molecule has 0 amide bonds. The molecule has 5 nitrogen and oxygen atoms in total. The summed E-state index contributed by atoms with van der Waals surface area (Å²) in [6.45, 7) is 0.104. The molecule has 0 radical (unpaired) electrons. The molecular formula is C19H18O5. The molecule has 0 atom stereocenters. The average Bonchev–Trinajstić information content (AvgIpc) is 2.60. The van der Waals surface area contributed by atoms with Gasteiger partial charge < -0.3 is 14.6 Å². The van der Waals surface area contributed by atoms with Gasteiger partial charge in [-0.3, -0.25) is 9.59 Å². The fourth-order valence-electron chi connectivity index (χ4n) is 1.99. The number of hydrogen-bond acceptors (Lipinski definition) is 4. The summed E-state index contributed by atoms with van der Waals surface area (Å²) in [5.41, 5.74) is 1.37. The highest BCUT2D eigenvalue weighted by Crippen LogP contribution is 2.16. The third kappa shape index (κ3) is 5.28. The number of carbonyl (C=O) groups is 2. The van der Waals surface area contributed by atoms with Crippen molar-refractivity contribution < 1.29 is 24.2 Å². The van der Waals surface area contributed by atoms with E-state index in [1.807, 2.05) is 6.07 Å². The van der Waals surface area contributed by atoms with Crippen molar-refractivity contribution in [1.82, 2.24) is 0 Å². The lowest BCUT2D eigenvalue weighted by Crippen LogP contribution is -2.04. The third-order valence-corrected chi connectivity index (χ3v) is 3.24. The summed E-state index contributed by atoms with van der Waals surface area (Å²) in [6, 6.07) is 14.0. The van der Waals surface area contributed by atoms with Crippen LogP contribution in [0.25, 0.3) is 6.08 Å². The molecule has 0 aliphatic carbocycles. The van der Waals surface area contributed by atoms with E-state index in [-0.39, 0.29) is 18.8 Å². The summed E-state index contributed by atoms with van der Waals surface area (Å²) in [7, 11) is 1.57. The Morgan fingerprint density at radius 1 is 1.08 bits per heavy atom. The minimum Gasteiger partial charge on any atom is -0.497 e. The molecule has 1 N–H and O–H groups in total. The molecule has 0 aliphatic rings. The van der Waals surface area contributed by atoms with Crippen molar-refractivity contribution in [1.29, 1.82) is 0 Å². The summed E-state index contributed by atoms with van der Waals surface area (Å²) in [6.07, 6.45) is 3.12. The Bertz CT molecular complexity index is 732. The van der Waals surface area contributed by atoms with Crippen LogP contribution in [-0.4, -0.2) is 30.6 Å². The second-order valence-corrected chi connectivity index (χ2v) is 4.99. The Kier molecular flexibility index (Phi) is 6.14. The van der Waals surface area contributed by atoms with Gasteiger partial charge in [-0.15, -0.1) is 0 Å². The lowest BCUT2D eigenvalue weighted by atomic mass is 10.1. The van der Waals surface area contributed by atoms with Gasteiger partial charge in [0.15, 0.2) is 5.78 Å². The van der Waals surface area contributed by atoms with Crippen LogP contribution in [0.2, 0.25) is 0 Å². The van der Waals surface area contributed by atoms with E-state index in [9.17, 15) is 9.59 Å². The number of rotatable bonds is 8. The molecule has 24 heavy (non-hydrogen) atoms. The number of methoxy groups -OCH3 is 1. The summed E-state index contributed by atoms with van der Waals surface area (Å²) < 4.78 is 10.4. The van der Waals surface area contributed by atoms with Crippen LogP contribution in [-0.2, 0) is 4.79 Å². The molecule has 0 saturated carbocycles. The summed E-state index contributed by atoms with van der Waals surface area (Å²) in [5.74, 6) is 0.239. The molecule has 0 aliphatic heterocycles. The van der Waals surface area contributed by atoms with Gasteiger partial charge in [-0.25, -0.2) is 0 Å². The van der Waals surface area contributed by atoms with E-state index in [1.54, 1.807) is 55.7 Å². The zero-order valence-corrected chi connectivity index (χ0v) is 13.3. The number of ether oxygens (including phenoxy) is 2. The van der Waals surface area contributed by atoms with Gasteiger partial charge in [0.05, 0.1) is 20.1 Å². The SMILES string of the molecule is COc1ccc(C(=O)C=Cc2cccc(OCCC(=O)O)c2)cc1. The standard InChI is InChI=1S/C19H18O5/c1-23-16-8-6-15(7-9-16)18(20)10-5-14-3-2-4-17(13-14)24-12-11-19(21)22/h2-10,13H,11-12H2,1H3,(H,21,22). The van der Waals surface area contributed by atoms with Crippen LogP contribution in [0.1, 0.15) is 22.3 Å². The third-order valence-electron chi connectivity index (χ3n) is 3.24. The summed E-state index contributed by atoms with van der Waals surface area (Å²) in [4.78, 5) is 22.6. The van der Waals surface area contributed by atoms with Crippen molar-refractivity contribution in [3.05, 3.63) is 65.7 Å². The Hall–Kier alpha value is -3.08. The number of benzene rings is 2. The highest BCUT2D eigenvalue weighted by atomic mass is 16.5. The Balaban J connectivity index is 1.99. The molecule has 0 unspecified atom stereocenters. The van der Waals surface area contributed by atoms with Crippen molar-refractivity contribution in [2.24, 2.45) is 0 Å². The molecule has 2 rings (SSSR count). The molecule has 0 fully saturated rings. The van der Waals surface area contributed by atoms with Crippen LogP contribution < -0.4 is 9.47 Å². The molecule has 2 aromatic rings. The van der Waals surface area contributed by atoms with E-state index >= 15 is 0 Å². The number of carbonyl (C=O) groups excluding carboxylic acids is 1. The summed E-state index contributed by atoms with van der Waals surface area (Å²) >= 11 is 0. The Labute approximate surface area is 140 Å². The predicted octanol–water partition coefficient (Wildman–Crippen LogP) is 3.44. The van der Waals surface area contributed by atoms with Gasteiger partial charge in [0.1, 0.15) is 11.5 Å². The van der Waals surface area contributed by atoms with Crippen molar-refractivity contribution >= 4 is 17.8 Å². The van der Waals surface area contributed by atoms with Crippen molar-refractivity contribution in [2.75, 3.05) is 13.7 Å². The minimum absolute atomic E-state index is 0.0595. The molecule has 0 aromatic heterocycles. The van der Waals surface area contributed by atoms with E-state index in [1.165, 1.54) is 6.08 Å². The molecule has 0 spiro atoms. The zero-order chi connectivity index (χ0) is 17.4. The number of carboxylic acid groups (broad SMARTS) is 1. The maximum Gasteiger partial charge on any atom is 0.306 e. The second kappa shape index (κ2) is 8.53. The van der Waals surface area contributed by atoms with Crippen molar-refractivity contribution in [3.63, 3.8) is 0 Å². The van der Waals surface area contributed by atoms with Crippen LogP contribution in [0, 0.1) is 0 Å². The Morgan fingerprint density at radius 3 is 2.50 bits per heavy atom. The fraction of sp³-hybridized carbons (Fsp3) is 0.158. The Morgan fingerprint density at radius 2 is 1.83 bits per heavy atom. The first-order valence-corrected chi connectivity index (χ1v) is 7.39. The first-order chi connectivity index (χ1) is 11.6. The van der Waals surface area contributed by atoms with E-state index in [0.717, 1.165) is 5.56 Å². The van der Waals surface area contributed by atoms with Gasteiger partial charge in [0.25, 0.3) is 0 Å². The maximum atomic E-state index is 12.1. The first-order valence-electron chi connectivity index (χ1n) is 7.39. The molecule has 5 heteroatoms. The smallest absolute Gasteiger partial charge is 0.306 e. The minimum atomic E-state index is -0.906. The predicted molar refractivity (Wildman–Crippen MR) is 90.5 cm³/mol. The van der Waals surface area contributed by atoms with E-state index < -0.39 is 5.97 Å². The van der Waals surface area contributed by atoms with Gasteiger partial charge in [-0.2, -0.15) is 0 Å². The quantitative estimate of drug-likeness (QED) is 0.594. The molecule has 0 saturated heterocycles. The van der Waals surface area contributed by atoms with Gasteiger partial charge >= 0.3 is 5.97 Å². The number of ketones is 1. The largest absolute Gasteiger partial charge is 0.497 e. The number of aliphatic carboxylic acids is 1. The van der Waals surface area contributed by atoms with Crippen molar-refractivity contribution in [2.45, 2.75) is 6.42 Å². The topological polar surface area (TPSA) is 72.8 Å². The normalized spacial score (nSPS) is 10.5. The number of hydrogen-bond donors (Lipinski definition) is 1. The van der Waals surface area contributed by atoms with Gasteiger partial charge in [-0.05, 0) is 48.0 Å². The van der Waals surface area contributed by atoms with Gasteiger partial charge in [0.2, 0.25) is 0 Å². The molecule has 124 valence electrons. The molecule has 2 aromatic carbocycles. The van der Waals surface area contributed by atoms with Crippen LogP contribution >= 0.6 is 0 Å². The van der Waals surface area contributed by atoms with E-state index in [4.69, 9.17) is 14.6 Å². The maximum absolute atomic E-state index is 12.1. The molecular weight excluding hydrogens is 308 g/mol. The van der Waals surface area contributed by atoms with E-state index in [2.05, 4.69) is 0 Å². The monoisotopic (exact) mass is 326 g/mol.